The largest absolute Gasteiger partial charge is 0.480 e. The molecule has 0 aliphatic heterocycles. The third kappa shape index (κ3) is 3.17. The fourth-order valence-corrected chi connectivity index (χ4v) is 2.44. The Kier molecular flexibility index (Phi) is 4.25. The van der Waals surface area contributed by atoms with Crippen LogP contribution < -0.4 is 5.32 Å². The van der Waals surface area contributed by atoms with E-state index in [1.807, 2.05) is 0 Å². The number of benzene rings is 1. The molecule has 0 heterocycles. The fraction of sp³-hybridized carbons (Fsp3) is 0.125. The molecule has 1 aromatic rings. The number of non-ortho nitro benzene ring substituents is 1. The summed E-state index contributed by atoms with van der Waals surface area (Å²) < 4.78 is 0.852. The summed E-state index contributed by atoms with van der Waals surface area (Å²) in [7, 11) is 0. The highest BCUT2D eigenvalue weighted by atomic mass is 79.9. The number of carboxylic acids is 1. The number of halogens is 2. The molecular formula is C8H6Br2N2O4. The summed E-state index contributed by atoms with van der Waals surface area (Å²) in [4.78, 5) is 20.4. The number of nitro groups is 1. The van der Waals surface area contributed by atoms with Gasteiger partial charge in [-0.1, -0.05) is 0 Å². The third-order valence-corrected chi connectivity index (χ3v) is 2.90. The molecule has 1 rings (SSSR count). The van der Waals surface area contributed by atoms with Gasteiger partial charge in [0.25, 0.3) is 5.69 Å². The first-order valence-corrected chi connectivity index (χ1v) is 5.59. The van der Waals surface area contributed by atoms with Gasteiger partial charge in [-0.25, -0.2) is 0 Å². The van der Waals surface area contributed by atoms with Crippen molar-refractivity contribution in [1.82, 2.24) is 0 Å². The molecule has 0 bridgehead atoms. The Morgan fingerprint density at radius 1 is 1.44 bits per heavy atom. The molecule has 0 unspecified atom stereocenters. The first kappa shape index (κ1) is 12.9. The number of nitro benzene ring substituents is 1. The van der Waals surface area contributed by atoms with Crippen LogP contribution in [0.3, 0.4) is 0 Å². The molecule has 0 radical (unpaired) electrons. The van der Waals surface area contributed by atoms with Gasteiger partial charge in [0.1, 0.15) is 6.54 Å². The minimum absolute atomic E-state index is 0.0837. The minimum Gasteiger partial charge on any atom is -0.480 e. The van der Waals surface area contributed by atoms with Gasteiger partial charge in [-0.05, 0) is 31.9 Å². The van der Waals surface area contributed by atoms with Crippen LogP contribution in [0.4, 0.5) is 11.4 Å². The molecule has 0 atom stereocenters. The van der Waals surface area contributed by atoms with Crippen LogP contribution in [-0.4, -0.2) is 22.5 Å². The first-order chi connectivity index (χ1) is 7.41. The molecule has 86 valence electrons. The van der Waals surface area contributed by atoms with Crippen molar-refractivity contribution in [2.45, 2.75) is 0 Å². The Labute approximate surface area is 107 Å². The summed E-state index contributed by atoms with van der Waals surface area (Å²) in [6.45, 7) is -0.269. The van der Waals surface area contributed by atoms with Crippen LogP contribution in [0.15, 0.2) is 21.1 Å². The van der Waals surface area contributed by atoms with Gasteiger partial charge in [0.15, 0.2) is 0 Å². The fourth-order valence-electron chi connectivity index (χ4n) is 0.998. The zero-order valence-electron chi connectivity index (χ0n) is 7.74. The maximum absolute atomic E-state index is 10.5. The van der Waals surface area contributed by atoms with E-state index in [9.17, 15) is 14.9 Å². The van der Waals surface area contributed by atoms with E-state index in [0.29, 0.717) is 14.6 Å². The highest BCUT2D eigenvalue weighted by Gasteiger charge is 2.14. The summed E-state index contributed by atoms with van der Waals surface area (Å²) in [5, 5.41) is 21.7. The van der Waals surface area contributed by atoms with E-state index in [-0.39, 0.29) is 12.2 Å². The van der Waals surface area contributed by atoms with Crippen LogP contribution in [0.5, 0.6) is 0 Å². The van der Waals surface area contributed by atoms with E-state index in [1.165, 1.54) is 12.1 Å². The van der Waals surface area contributed by atoms with Crippen molar-refractivity contribution in [3.63, 3.8) is 0 Å². The second kappa shape index (κ2) is 5.26. The Hall–Kier alpha value is -1.15. The minimum atomic E-state index is -1.02. The number of carbonyl (C=O) groups is 1. The molecular weight excluding hydrogens is 348 g/mol. The lowest BCUT2D eigenvalue weighted by molar-refractivity contribution is -0.385. The summed E-state index contributed by atoms with van der Waals surface area (Å²) in [6.07, 6.45) is 0. The number of hydrogen-bond acceptors (Lipinski definition) is 4. The molecule has 0 aromatic heterocycles. The predicted octanol–water partition coefficient (Wildman–Crippen LogP) is 2.62. The summed E-state index contributed by atoms with van der Waals surface area (Å²) in [6, 6.07) is 2.60. The number of carboxylic acid groups (broad SMARTS) is 1. The van der Waals surface area contributed by atoms with Gasteiger partial charge in [0.2, 0.25) is 0 Å². The molecule has 0 saturated carbocycles. The molecule has 8 heteroatoms. The quantitative estimate of drug-likeness (QED) is 0.641. The number of aliphatic carboxylic acids is 1. The molecule has 2 N–H and O–H groups in total. The van der Waals surface area contributed by atoms with Gasteiger partial charge in [-0.15, -0.1) is 0 Å². The van der Waals surface area contributed by atoms with Crippen LogP contribution in [0, 0.1) is 10.1 Å². The van der Waals surface area contributed by atoms with Crippen molar-refractivity contribution >= 4 is 49.2 Å². The van der Waals surface area contributed by atoms with Crippen LogP contribution in [0.1, 0.15) is 0 Å². The topological polar surface area (TPSA) is 92.5 Å². The van der Waals surface area contributed by atoms with E-state index in [1.54, 1.807) is 0 Å². The van der Waals surface area contributed by atoms with Gasteiger partial charge < -0.3 is 10.4 Å². The summed E-state index contributed by atoms with van der Waals surface area (Å²) >= 11 is 6.25. The smallest absolute Gasteiger partial charge is 0.322 e. The third-order valence-electron chi connectivity index (χ3n) is 1.65. The lowest BCUT2D eigenvalue weighted by atomic mass is 10.3. The molecule has 0 saturated heterocycles. The van der Waals surface area contributed by atoms with Crippen molar-refractivity contribution in [3.8, 4) is 0 Å². The predicted molar refractivity (Wildman–Crippen MR) is 64.6 cm³/mol. The Morgan fingerprint density at radius 2 is 1.94 bits per heavy atom. The highest BCUT2D eigenvalue weighted by Crippen LogP contribution is 2.34. The van der Waals surface area contributed by atoms with E-state index in [0.717, 1.165) is 0 Å². The van der Waals surface area contributed by atoms with Crippen molar-refractivity contribution in [2.75, 3.05) is 11.9 Å². The molecule has 6 nitrogen and oxygen atoms in total. The number of anilines is 1. The van der Waals surface area contributed by atoms with E-state index >= 15 is 0 Å². The van der Waals surface area contributed by atoms with Crippen LogP contribution in [0.2, 0.25) is 0 Å². The Morgan fingerprint density at radius 3 is 2.31 bits per heavy atom. The summed E-state index contributed by atoms with van der Waals surface area (Å²) in [5.74, 6) is -1.02. The molecule has 0 amide bonds. The maximum atomic E-state index is 10.5. The van der Waals surface area contributed by atoms with Gasteiger partial charge in [0, 0.05) is 21.1 Å². The average molecular weight is 354 g/mol. The van der Waals surface area contributed by atoms with Crippen molar-refractivity contribution < 1.29 is 14.8 Å². The number of nitrogens with zero attached hydrogens (tertiary/aromatic N) is 1. The Bertz CT molecular complexity index is 427. The molecule has 0 aliphatic carbocycles. The van der Waals surface area contributed by atoms with Crippen LogP contribution >= 0.6 is 31.9 Å². The maximum Gasteiger partial charge on any atom is 0.322 e. The van der Waals surface area contributed by atoms with E-state index in [2.05, 4.69) is 37.2 Å². The lowest BCUT2D eigenvalue weighted by Gasteiger charge is -2.08. The number of rotatable bonds is 4. The first-order valence-electron chi connectivity index (χ1n) is 4.01. The molecule has 0 aliphatic rings. The zero-order valence-corrected chi connectivity index (χ0v) is 10.9. The van der Waals surface area contributed by atoms with Crippen molar-refractivity contribution in [1.29, 1.82) is 0 Å². The average Bonchev–Trinajstić information content (AvgIpc) is 2.15. The lowest BCUT2D eigenvalue weighted by Crippen LogP contribution is -2.13. The second-order valence-electron chi connectivity index (χ2n) is 2.79. The van der Waals surface area contributed by atoms with Gasteiger partial charge in [-0.2, -0.15) is 0 Å². The number of hydrogen-bond donors (Lipinski definition) is 2. The number of nitrogens with one attached hydrogen (secondary N) is 1. The molecule has 16 heavy (non-hydrogen) atoms. The molecule has 0 fully saturated rings. The van der Waals surface area contributed by atoms with Crippen LogP contribution in [0.25, 0.3) is 0 Å². The zero-order chi connectivity index (χ0) is 12.3. The molecule has 0 spiro atoms. The van der Waals surface area contributed by atoms with E-state index in [4.69, 9.17) is 5.11 Å². The summed E-state index contributed by atoms with van der Waals surface area (Å²) in [5.41, 5.74) is 0.382. The van der Waals surface area contributed by atoms with Gasteiger partial charge >= 0.3 is 5.97 Å². The molecule has 1 aromatic carbocycles. The SMILES string of the molecule is O=C(O)CNc1c(Br)cc([N+](=O)[O-])cc1Br. The Balaban J connectivity index is 3.03. The van der Waals surface area contributed by atoms with Crippen LogP contribution in [-0.2, 0) is 4.79 Å². The van der Waals surface area contributed by atoms with Crippen molar-refractivity contribution in [3.05, 3.63) is 31.2 Å². The standard InChI is InChI=1S/C8H6Br2N2O4/c9-5-1-4(12(15)16)2-6(10)8(5)11-3-7(13)14/h1-2,11H,3H2,(H,13,14). The van der Waals surface area contributed by atoms with Gasteiger partial charge in [-0.3, -0.25) is 14.9 Å². The second-order valence-corrected chi connectivity index (χ2v) is 4.50. The monoisotopic (exact) mass is 352 g/mol. The highest BCUT2D eigenvalue weighted by molar-refractivity contribution is 9.11. The normalized spacial score (nSPS) is 9.88. The van der Waals surface area contributed by atoms with E-state index < -0.39 is 10.9 Å². The van der Waals surface area contributed by atoms with Crippen molar-refractivity contribution in [2.24, 2.45) is 0 Å². The van der Waals surface area contributed by atoms with Gasteiger partial charge in [0.05, 0.1) is 10.6 Å².